The van der Waals surface area contributed by atoms with Gasteiger partial charge < -0.3 is 10.1 Å². The molecular formula is C19H23NO. The lowest BCUT2D eigenvalue weighted by atomic mass is 10.0. The van der Waals surface area contributed by atoms with Gasteiger partial charge in [-0.25, -0.2) is 0 Å². The summed E-state index contributed by atoms with van der Waals surface area (Å²) in [4.78, 5) is 0. The molecule has 3 rings (SSSR count). The number of nitrogens with one attached hydrogen (secondary N) is 1. The van der Waals surface area contributed by atoms with Crippen molar-refractivity contribution in [1.82, 2.24) is 5.32 Å². The van der Waals surface area contributed by atoms with Gasteiger partial charge in [-0.05, 0) is 36.5 Å². The summed E-state index contributed by atoms with van der Waals surface area (Å²) in [6, 6.07) is 17.3. The van der Waals surface area contributed by atoms with E-state index in [1.54, 1.807) is 0 Å². The Hall–Kier alpha value is -1.80. The second-order valence-corrected chi connectivity index (χ2v) is 6.06. The maximum Gasteiger partial charge on any atom is 0.131 e. The van der Waals surface area contributed by atoms with E-state index in [0.29, 0.717) is 12.0 Å². The maximum atomic E-state index is 6.21. The molecule has 0 radical (unpaired) electrons. The first-order chi connectivity index (χ1) is 10.2. The summed E-state index contributed by atoms with van der Waals surface area (Å²) >= 11 is 0. The van der Waals surface area contributed by atoms with Crippen LogP contribution in [0.5, 0.6) is 11.5 Å². The van der Waals surface area contributed by atoms with E-state index in [9.17, 15) is 0 Å². The first-order valence-corrected chi connectivity index (χ1v) is 7.82. The summed E-state index contributed by atoms with van der Waals surface area (Å²) in [5.74, 6) is 2.38. The Balaban J connectivity index is 1.80. The molecule has 1 saturated carbocycles. The molecule has 0 amide bonds. The molecular weight excluding hydrogens is 258 g/mol. The number of benzene rings is 2. The molecule has 0 saturated heterocycles. The van der Waals surface area contributed by atoms with E-state index in [1.807, 2.05) is 12.1 Å². The molecule has 0 spiro atoms. The second-order valence-electron chi connectivity index (χ2n) is 6.06. The Kier molecular flexibility index (Phi) is 4.26. The SMILES string of the molecule is CC(C)c1ccccc1Oc1ccccc1CNC1CC1. The standard InChI is InChI=1S/C19H23NO/c1-14(2)17-8-4-6-10-19(17)21-18-9-5-3-7-15(18)13-20-16-11-12-16/h3-10,14,16,20H,11-13H2,1-2H3. The van der Waals surface area contributed by atoms with E-state index in [-0.39, 0.29) is 0 Å². The van der Waals surface area contributed by atoms with E-state index in [4.69, 9.17) is 4.74 Å². The van der Waals surface area contributed by atoms with Crippen LogP contribution in [0.3, 0.4) is 0 Å². The predicted octanol–water partition coefficient (Wildman–Crippen LogP) is 4.85. The van der Waals surface area contributed by atoms with Crippen LogP contribution < -0.4 is 10.1 Å². The highest BCUT2D eigenvalue weighted by molar-refractivity contribution is 5.42. The summed E-state index contributed by atoms with van der Waals surface area (Å²) in [5.41, 5.74) is 2.48. The van der Waals surface area contributed by atoms with Gasteiger partial charge in [0.05, 0.1) is 0 Å². The van der Waals surface area contributed by atoms with Crippen LogP contribution in [0.25, 0.3) is 0 Å². The quantitative estimate of drug-likeness (QED) is 0.817. The zero-order valence-corrected chi connectivity index (χ0v) is 12.8. The van der Waals surface area contributed by atoms with Crippen molar-refractivity contribution in [2.45, 2.75) is 45.2 Å². The Bertz CT molecular complexity index is 602. The van der Waals surface area contributed by atoms with E-state index < -0.39 is 0 Å². The van der Waals surface area contributed by atoms with E-state index in [0.717, 1.165) is 18.0 Å². The Labute approximate surface area is 127 Å². The number of ether oxygens (including phenoxy) is 1. The molecule has 0 heterocycles. The average Bonchev–Trinajstić information content (AvgIpc) is 3.31. The normalized spacial score (nSPS) is 14.4. The van der Waals surface area contributed by atoms with Crippen molar-refractivity contribution >= 4 is 0 Å². The highest BCUT2D eigenvalue weighted by Crippen LogP contribution is 2.32. The fourth-order valence-electron chi connectivity index (χ4n) is 2.46. The minimum absolute atomic E-state index is 0.456. The number of rotatable bonds is 6. The summed E-state index contributed by atoms with van der Waals surface area (Å²) in [5, 5.41) is 3.56. The van der Waals surface area contributed by atoms with E-state index in [1.165, 1.54) is 24.0 Å². The Morgan fingerprint density at radius 1 is 1.00 bits per heavy atom. The molecule has 1 aliphatic rings. The monoisotopic (exact) mass is 281 g/mol. The van der Waals surface area contributed by atoms with Crippen molar-refractivity contribution in [2.24, 2.45) is 0 Å². The highest BCUT2D eigenvalue weighted by Gasteiger charge is 2.20. The Morgan fingerprint density at radius 3 is 2.38 bits per heavy atom. The van der Waals surface area contributed by atoms with Crippen LogP contribution in [-0.4, -0.2) is 6.04 Å². The summed E-state index contributed by atoms with van der Waals surface area (Å²) in [6.07, 6.45) is 2.61. The van der Waals surface area contributed by atoms with Gasteiger partial charge in [-0.3, -0.25) is 0 Å². The minimum atomic E-state index is 0.456. The van der Waals surface area contributed by atoms with Crippen LogP contribution in [0.4, 0.5) is 0 Å². The van der Waals surface area contributed by atoms with Crippen LogP contribution in [0, 0.1) is 0 Å². The van der Waals surface area contributed by atoms with Gasteiger partial charge in [0.1, 0.15) is 11.5 Å². The van der Waals surface area contributed by atoms with Gasteiger partial charge in [0, 0.05) is 18.2 Å². The fraction of sp³-hybridized carbons (Fsp3) is 0.368. The van der Waals surface area contributed by atoms with Gasteiger partial charge in [0.25, 0.3) is 0 Å². The minimum Gasteiger partial charge on any atom is -0.457 e. The molecule has 2 nitrogen and oxygen atoms in total. The van der Waals surface area contributed by atoms with Gasteiger partial charge in [0.15, 0.2) is 0 Å². The third-order valence-electron chi connectivity index (χ3n) is 3.89. The highest BCUT2D eigenvalue weighted by atomic mass is 16.5. The first kappa shape index (κ1) is 14.2. The molecule has 1 aliphatic carbocycles. The third kappa shape index (κ3) is 3.64. The smallest absolute Gasteiger partial charge is 0.131 e. The van der Waals surface area contributed by atoms with Crippen molar-refractivity contribution in [2.75, 3.05) is 0 Å². The van der Waals surface area contributed by atoms with Crippen molar-refractivity contribution < 1.29 is 4.74 Å². The third-order valence-corrected chi connectivity index (χ3v) is 3.89. The van der Waals surface area contributed by atoms with Crippen LogP contribution in [0.2, 0.25) is 0 Å². The molecule has 2 aromatic carbocycles. The van der Waals surface area contributed by atoms with Crippen molar-refractivity contribution in [1.29, 1.82) is 0 Å². The average molecular weight is 281 g/mol. The van der Waals surface area contributed by atoms with Crippen LogP contribution >= 0.6 is 0 Å². The first-order valence-electron chi connectivity index (χ1n) is 7.82. The van der Waals surface area contributed by atoms with Crippen molar-refractivity contribution in [3.63, 3.8) is 0 Å². The van der Waals surface area contributed by atoms with E-state index >= 15 is 0 Å². The number of para-hydroxylation sites is 2. The fourth-order valence-corrected chi connectivity index (χ4v) is 2.46. The van der Waals surface area contributed by atoms with Crippen LogP contribution in [0.15, 0.2) is 48.5 Å². The molecule has 1 N–H and O–H groups in total. The van der Waals surface area contributed by atoms with E-state index in [2.05, 4.69) is 55.6 Å². The molecule has 0 atom stereocenters. The lowest BCUT2D eigenvalue weighted by Crippen LogP contribution is -2.15. The van der Waals surface area contributed by atoms with Crippen LogP contribution in [0.1, 0.15) is 43.7 Å². The molecule has 110 valence electrons. The van der Waals surface area contributed by atoms with Crippen molar-refractivity contribution in [3.05, 3.63) is 59.7 Å². The number of hydrogen-bond acceptors (Lipinski definition) is 2. The van der Waals surface area contributed by atoms with Crippen molar-refractivity contribution in [3.8, 4) is 11.5 Å². The molecule has 0 aromatic heterocycles. The lowest BCUT2D eigenvalue weighted by Gasteiger charge is -2.16. The second kappa shape index (κ2) is 6.31. The van der Waals surface area contributed by atoms with Crippen LogP contribution in [-0.2, 0) is 6.54 Å². The predicted molar refractivity (Wildman–Crippen MR) is 86.9 cm³/mol. The lowest BCUT2D eigenvalue weighted by molar-refractivity contribution is 0.464. The summed E-state index contributed by atoms with van der Waals surface area (Å²) in [7, 11) is 0. The number of hydrogen-bond donors (Lipinski definition) is 1. The molecule has 21 heavy (non-hydrogen) atoms. The van der Waals surface area contributed by atoms with Gasteiger partial charge in [-0.1, -0.05) is 50.2 Å². The largest absolute Gasteiger partial charge is 0.457 e. The molecule has 1 fully saturated rings. The van der Waals surface area contributed by atoms with Gasteiger partial charge >= 0.3 is 0 Å². The van der Waals surface area contributed by atoms with Gasteiger partial charge in [-0.15, -0.1) is 0 Å². The van der Waals surface area contributed by atoms with Gasteiger partial charge in [-0.2, -0.15) is 0 Å². The summed E-state index contributed by atoms with van der Waals surface area (Å²) in [6.45, 7) is 5.27. The maximum absolute atomic E-state index is 6.21. The van der Waals surface area contributed by atoms with Gasteiger partial charge in [0.2, 0.25) is 0 Å². The molecule has 2 heteroatoms. The molecule has 2 aromatic rings. The molecule has 0 unspecified atom stereocenters. The molecule has 0 aliphatic heterocycles. The molecule has 0 bridgehead atoms. The zero-order chi connectivity index (χ0) is 14.7. The Morgan fingerprint density at radius 2 is 1.67 bits per heavy atom. The zero-order valence-electron chi connectivity index (χ0n) is 12.8. The summed E-state index contributed by atoms with van der Waals surface area (Å²) < 4.78 is 6.21. The topological polar surface area (TPSA) is 21.3 Å².